The van der Waals surface area contributed by atoms with Crippen molar-refractivity contribution in [3.05, 3.63) is 39.8 Å². The number of amides is 2. The zero-order chi connectivity index (χ0) is 17.5. The molecule has 0 aliphatic rings. The Hall–Kier alpha value is -2.28. The van der Waals surface area contributed by atoms with Crippen molar-refractivity contribution in [2.45, 2.75) is 33.4 Å². The van der Waals surface area contributed by atoms with E-state index in [-0.39, 0.29) is 12.1 Å². The number of hydrogen-bond donors (Lipinski definition) is 2. The third-order valence-corrected chi connectivity index (χ3v) is 4.37. The highest BCUT2D eigenvalue weighted by Crippen LogP contribution is 2.30. The van der Waals surface area contributed by atoms with E-state index in [0.717, 1.165) is 16.3 Å². The van der Waals surface area contributed by atoms with Crippen LogP contribution in [0.2, 0.25) is 0 Å². The smallest absolute Gasteiger partial charge is 0.315 e. The average Bonchev–Trinajstić information content (AvgIpc) is 2.99. The summed E-state index contributed by atoms with van der Waals surface area (Å²) in [5.41, 5.74) is 1.91. The first-order valence-electron chi connectivity index (χ1n) is 7.79. The second kappa shape index (κ2) is 8.54. The summed E-state index contributed by atoms with van der Waals surface area (Å²) in [6, 6.07) is 5.25. The van der Waals surface area contributed by atoms with E-state index in [0.29, 0.717) is 24.7 Å². The van der Waals surface area contributed by atoms with Crippen molar-refractivity contribution >= 4 is 17.4 Å². The molecule has 0 unspecified atom stereocenters. The lowest BCUT2D eigenvalue weighted by Crippen LogP contribution is -2.36. The lowest BCUT2D eigenvalue weighted by atomic mass is 10.1. The molecule has 0 aliphatic carbocycles. The first-order valence-corrected chi connectivity index (χ1v) is 8.67. The van der Waals surface area contributed by atoms with Gasteiger partial charge in [-0.25, -0.2) is 9.78 Å². The van der Waals surface area contributed by atoms with Crippen molar-refractivity contribution in [3.8, 4) is 11.5 Å². The fourth-order valence-corrected chi connectivity index (χ4v) is 2.91. The third kappa shape index (κ3) is 4.86. The van der Waals surface area contributed by atoms with Crippen molar-refractivity contribution in [1.29, 1.82) is 0 Å². The van der Waals surface area contributed by atoms with Gasteiger partial charge in [0.1, 0.15) is 5.01 Å². The molecule has 1 heterocycles. The van der Waals surface area contributed by atoms with E-state index in [1.165, 1.54) is 11.3 Å². The second-order valence-electron chi connectivity index (χ2n) is 5.27. The summed E-state index contributed by atoms with van der Waals surface area (Å²) in [6.07, 6.45) is 0. The number of carbonyl (C=O) groups is 1. The van der Waals surface area contributed by atoms with Crippen LogP contribution in [0.3, 0.4) is 0 Å². The number of benzene rings is 1. The molecule has 130 valence electrons. The molecule has 0 aliphatic heterocycles. The van der Waals surface area contributed by atoms with Crippen molar-refractivity contribution in [2.24, 2.45) is 0 Å². The van der Waals surface area contributed by atoms with Gasteiger partial charge in [0, 0.05) is 11.1 Å². The minimum absolute atomic E-state index is 0.160. The van der Waals surface area contributed by atoms with E-state index in [2.05, 4.69) is 15.6 Å². The highest BCUT2D eigenvalue weighted by molar-refractivity contribution is 7.09. The van der Waals surface area contributed by atoms with Gasteiger partial charge in [-0.05, 0) is 38.5 Å². The number of urea groups is 1. The number of ether oxygens (including phenoxy) is 2. The largest absolute Gasteiger partial charge is 0.493 e. The molecule has 2 N–H and O–H groups in total. The van der Waals surface area contributed by atoms with Crippen LogP contribution in [0, 0.1) is 6.92 Å². The van der Waals surface area contributed by atoms with Gasteiger partial charge in [-0.2, -0.15) is 0 Å². The number of nitrogens with one attached hydrogen (secondary N) is 2. The van der Waals surface area contributed by atoms with Crippen LogP contribution in [0.4, 0.5) is 4.79 Å². The molecule has 7 heteroatoms. The molecule has 24 heavy (non-hydrogen) atoms. The van der Waals surface area contributed by atoms with Crippen molar-refractivity contribution in [2.75, 3.05) is 13.7 Å². The van der Waals surface area contributed by atoms with Gasteiger partial charge in [0.15, 0.2) is 11.5 Å². The summed E-state index contributed by atoms with van der Waals surface area (Å²) >= 11 is 1.53. The number of hydrogen-bond acceptors (Lipinski definition) is 5. The van der Waals surface area contributed by atoms with E-state index >= 15 is 0 Å². The van der Waals surface area contributed by atoms with Crippen molar-refractivity contribution < 1.29 is 14.3 Å². The summed E-state index contributed by atoms with van der Waals surface area (Å²) in [5.74, 6) is 1.35. The number of carbonyl (C=O) groups excluding carboxylic acids is 1. The molecule has 1 aromatic heterocycles. The molecular weight excluding hydrogens is 326 g/mol. The van der Waals surface area contributed by atoms with Crippen LogP contribution in [0.1, 0.15) is 36.2 Å². The summed E-state index contributed by atoms with van der Waals surface area (Å²) in [7, 11) is 1.60. The molecule has 1 atom stereocenters. The molecule has 0 bridgehead atoms. The minimum Gasteiger partial charge on any atom is -0.493 e. The third-order valence-electron chi connectivity index (χ3n) is 3.40. The number of nitrogens with zero attached hydrogens (tertiary/aromatic N) is 1. The van der Waals surface area contributed by atoms with E-state index in [9.17, 15) is 4.79 Å². The predicted molar refractivity (Wildman–Crippen MR) is 94.8 cm³/mol. The van der Waals surface area contributed by atoms with Crippen LogP contribution in [-0.4, -0.2) is 24.7 Å². The molecule has 2 amide bonds. The molecule has 2 rings (SSSR count). The Labute approximate surface area is 146 Å². The van der Waals surface area contributed by atoms with E-state index in [1.54, 1.807) is 7.11 Å². The summed E-state index contributed by atoms with van der Waals surface area (Å²) < 4.78 is 10.8. The van der Waals surface area contributed by atoms with Crippen molar-refractivity contribution in [1.82, 2.24) is 15.6 Å². The van der Waals surface area contributed by atoms with Gasteiger partial charge >= 0.3 is 6.03 Å². The number of aryl methyl sites for hydroxylation is 1. The van der Waals surface area contributed by atoms with E-state index in [1.807, 2.05) is 44.4 Å². The molecule has 0 saturated carbocycles. The Balaban J connectivity index is 1.93. The Morgan fingerprint density at radius 3 is 2.79 bits per heavy atom. The van der Waals surface area contributed by atoms with E-state index in [4.69, 9.17) is 9.47 Å². The Bertz CT molecular complexity index is 687. The molecule has 0 saturated heterocycles. The van der Waals surface area contributed by atoms with Gasteiger partial charge in [-0.15, -0.1) is 11.3 Å². The standard InChI is InChI=1S/C17H23N3O3S/c1-5-23-14-7-6-13(8-15(14)22-4)12(3)20-17(21)18-9-16-19-11(2)10-24-16/h6-8,10,12H,5,9H2,1-4H3,(H2,18,20,21)/t12-/m1/s1. The fourth-order valence-electron chi connectivity index (χ4n) is 2.20. The molecule has 0 spiro atoms. The number of thiazole rings is 1. The second-order valence-corrected chi connectivity index (χ2v) is 6.22. The molecule has 2 aromatic rings. The zero-order valence-corrected chi connectivity index (χ0v) is 15.2. The molecule has 6 nitrogen and oxygen atoms in total. The van der Waals surface area contributed by atoms with Crippen molar-refractivity contribution in [3.63, 3.8) is 0 Å². The maximum absolute atomic E-state index is 12.0. The predicted octanol–water partition coefficient (Wildman–Crippen LogP) is 3.42. The topological polar surface area (TPSA) is 72.5 Å². The van der Waals surface area contributed by atoms with Gasteiger partial charge in [-0.3, -0.25) is 0 Å². The SMILES string of the molecule is CCOc1ccc([C@@H](C)NC(=O)NCc2nc(C)cs2)cc1OC. The number of methoxy groups -OCH3 is 1. The highest BCUT2D eigenvalue weighted by atomic mass is 32.1. The highest BCUT2D eigenvalue weighted by Gasteiger charge is 2.13. The fraction of sp³-hybridized carbons (Fsp3) is 0.412. The van der Waals surface area contributed by atoms with Crippen LogP contribution in [0.25, 0.3) is 0 Å². The average molecular weight is 349 g/mol. The lowest BCUT2D eigenvalue weighted by Gasteiger charge is -2.17. The quantitative estimate of drug-likeness (QED) is 0.803. The molecular formula is C17H23N3O3S. The Kier molecular flexibility index (Phi) is 6.43. The number of rotatable bonds is 7. The minimum atomic E-state index is -0.233. The van der Waals surface area contributed by atoms with Crippen LogP contribution in [0.15, 0.2) is 23.6 Å². The Morgan fingerprint density at radius 1 is 1.38 bits per heavy atom. The van der Waals surface area contributed by atoms with Crippen LogP contribution in [-0.2, 0) is 6.54 Å². The van der Waals surface area contributed by atoms with Gasteiger partial charge in [-0.1, -0.05) is 6.07 Å². The summed E-state index contributed by atoms with van der Waals surface area (Å²) in [5, 5.41) is 8.57. The summed E-state index contributed by atoms with van der Waals surface area (Å²) in [6.45, 7) is 6.77. The van der Waals surface area contributed by atoms with Crippen LogP contribution < -0.4 is 20.1 Å². The molecule has 1 aromatic carbocycles. The molecule has 0 radical (unpaired) electrons. The van der Waals surface area contributed by atoms with E-state index < -0.39 is 0 Å². The maximum atomic E-state index is 12.0. The molecule has 0 fully saturated rings. The van der Waals surface area contributed by atoms with Gasteiger partial charge in [0.2, 0.25) is 0 Å². The normalized spacial score (nSPS) is 11.7. The lowest BCUT2D eigenvalue weighted by molar-refractivity contribution is 0.237. The maximum Gasteiger partial charge on any atom is 0.315 e. The Morgan fingerprint density at radius 2 is 2.17 bits per heavy atom. The monoisotopic (exact) mass is 349 g/mol. The summed E-state index contributed by atoms with van der Waals surface area (Å²) in [4.78, 5) is 16.3. The van der Waals surface area contributed by atoms with Gasteiger partial charge in [0.25, 0.3) is 0 Å². The first-order chi connectivity index (χ1) is 11.5. The van der Waals surface area contributed by atoms with Gasteiger partial charge < -0.3 is 20.1 Å². The number of aromatic nitrogens is 1. The van der Waals surface area contributed by atoms with Crippen LogP contribution >= 0.6 is 11.3 Å². The van der Waals surface area contributed by atoms with Gasteiger partial charge in [0.05, 0.1) is 26.3 Å². The zero-order valence-electron chi connectivity index (χ0n) is 14.4. The van der Waals surface area contributed by atoms with Crippen LogP contribution in [0.5, 0.6) is 11.5 Å². The first kappa shape index (κ1) is 18.1.